The molecular weight excluding hydrogens is 256 g/mol. The lowest BCUT2D eigenvalue weighted by Crippen LogP contribution is -2.30. The van der Waals surface area contributed by atoms with Crippen LogP contribution in [0.4, 0.5) is 11.4 Å². The molecule has 0 spiro atoms. The van der Waals surface area contributed by atoms with Crippen LogP contribution in [0.25, 0.3) is 10.8 Å². The number of anilines is 2. The third kappa shape index (κ3) is 1.72. The number of hydrogen-bond acceptors (Lipinski definition) is 2. The Labute approximate surface area is 125 Å². The van der Waals surface area contributed by atoms with E-state index in [4.69, 9.17) is 0 Å². The first-order chi connectivity index (χ1) is 10.3. The first-order valence-electron chi connectivity index (χ1n) is 7.30. The molecule has 104 valence electrons. The van der Waals surface area contributed by atoms with Gasteiger partial charge in [0.15, 0.2) is 0 Å². The summed E-state index contributed by atoms with van der Waals surface area (Å²) in [7, 11) is 4.36. The van der Waals surface area contributed by atoms with Gasteiger partial charge in [-0.3, -0.25) is 0 Å². The molecule has 0 saturated heterocycles. The molecule has 0 aromatic heterocycles. The molecule has 3 aromatic carbocycles. The third-order valence-electron chi connectivity index (χ3n) is 4.44. The fourth-order valence-corrected chi connectivity index (χ4v) is 3.49. The molecule has 4 rings (SSSR count). The van der Waals surface area contributed by atoms with Crippen LogP contribution >= 0.6 is 0 Å². The summed E-state index contributed by atoms with van der Waals surface area (Å²) in [5.74, 6) is 0. The molecule has 0 saturated carbocycles. The van der Waals surface area contributed by atoms with Gasteiger partial charge in [-0.05, 0) is 17.0 Å². The van der Waals surface area contributed by atoms with Crippen LogP contribution in [-0.4, -0.2) is 14.1 Å². The number of rotatable bonds is 1. The van der Waals surface area contributed by atoms with Gasteiger partial charge in [0.1, 0.15) is 6.17 Å². The topological polar surface area (TPSA) is 6.48 Å². The molecule has 0 radical (unpaired) electrons. The second-order valence-electron chi connectivity index (χ2n) is 5.66. The molecule has 3 aromatic rings. The Morgan fingerprint density at radius 1 is 0.714 bits per heavy atom. The summed E-state index contributed by atoms with van der Waals surface area (Å²) in [5.41, 5.74) is 3.94. The second-order valence-corrected chi connectivity index (χ2v) is 5.66. The highest BCUT2D eigenvalue weighted by Crippen LogP contribution is 2.47. The van der Waals surface area contributed by atoms with Gasteiger partial charge < -0.3 is 9.80 Å². The van der Waals surface area contributed by atoms with Crippen LogP contribution in [0.3, 0.4) is 0 Å². The van der Waals surface area contributed by atoms with Gasteiger partial charge in [-0.2, -0.15) is 0 Å². The van der Waals surface area contributed by atoms with E-state index in [9.17, 15) is 0 Å². The van der Waals surface area contributed by atoms with Crippen LogP contribution in [0.15, 0.2) is 66.7 Å². The summed E-state index contributed by atoms with van der Waals surface area (Å²) >= 11 is 0. The zero-order valence-electron chi connectivity index (χ0n) is 12.3. The summed E-state index contributed by atoms with van der Waals surface area (Å²) in [4.78, 5) is 4.74. The van der Waals surface area contributed by atoms with Crippen molar-refractivity contribution in [2.45, 2.75) is 6.17 Å². The summed E-state index contributed by atoms with van der Waals surface area (Å²) in [6.07, 6.45) is 0.256. The molecule has 1 aliphatic heterocycles. The lowest BCUT2D eigenvalue weighted by Gasteiger charge is -2.28. The Morgan fingerprint density at radius 3 is 2.24 bits per heavy atom. The predicted molar refractivity (Wildman–Crippen MR) is 89.9 cm³/mol. The fraction of sp³-hybridized carbons (Fsp3) is 0.158. The second kappa shape index (κ2) is 4.52. The van der Waals surface area contributed by atoms with E-state index in [-0.39, 0.29) is 6.17 Å². The van der Waals surface area contributed by atoms with E-state index in [1.807, 2.05) is 0 Å². The molecule has 0 amide bonds. The zero-order valence-corrected chi connectivity index (χ0v) is 12.3. The van der Waals surface area contributed by atoms with Crippen molar-refractivity contribution < 1.29 is 0 Å². The molecule has 0 bridgehead atoms. The molecule has 0 aliphatic carbocycles. The number of benzene rings is 3. The average Bonchev–Trinajstić information content (AvgIpc) is 2.80. The number of nitrogens with zero attached hydrogens (tertiary/aromatic N) is 2. The highest BCUT2D eigenvalue weighted by molar-refractivity contribution is 6.02. The van der Waals surface area contributed by atoms with Crippen LogP contribution in [0, 0.1) is 0 Å². The molecular formula is C19H18N2. The minimum absolute atomic E-state index is 0.256. The van der Waals surface area contributed by atoms with Crippen molar-refractivity contribution in [3.05, 3.63) is 72.3 Å². The Balaban J connectivity index is 1.92. The molecule has 2 nitrogen and oxygen atoms in total. The van der Waals surface area contributed by atoms with Crippen molar-refractivity contribution in [3.8, 4) is 0 Å². The van der Waals surface area contributed by atoms with Gasteiger partial charge in [0.25, 0.3) is 0 Å². The first-order valence-corrected chi connectivity index (χ1v) is 7.30. The van der Waals surface area contributed by atoms with E-state index in [0.29, 0.717) is 0 Å². The van der Waals surface area contributed by atoms with Gasteiger partial charge in [0.2, 0.25) is 0 Å². The minimum Gasteiger partial charge on any atom is -0.349 e. The van der Waals surface area contributed by atoms with Gasteiger partial charge in [-0.25, -0.2) is 0 Å². The highest BCUT2D eigenvalue weighted by Gasteiger charge is 2.33. The standard InChI is InChI=1S/C19H18N2/c1-20-17-13-12-14-8-6-7-11-16(14)18(17)21(2)19(20)15-9-4-3-5-10-15/h3-13,19H,1-2H3. The van der Waals surface area contributed by atoms with Crippen molar-refractivity contribution >= 4 is 22.1 Å². The van der Waals surface area contributed by atoms with Crippen LogP contribution < -0.4 is 9.80 Å². The highest BCUT2D eigenvalue weighted by atomic mass is 15.4. The lowest BCUT2D eigenvalue weighted by atomic mass is 10.1. The maximum Gasteiger partial charge on any atom is 0.128 e. The Bertz CT molecular complexity index is 795. The minimum atomic E-state index is 0.256. The molecule has 1 atom stereocenters. The quantitative estimate of drug-likeness (QED) is 0.648. The van der Waals surface area contributed by atoms with E-state index in [0.717, 1.165) is 0 Å². The van der Waals surface area contributed by atoms with Crippen molar-refractivity contribution in [3.63, 3.8) is 0 Å². The maximum atomic E-state index is 2.38. The summed E-state index contributed by atoms with van der Waals surface area (Å²) in [6, 6.07) is 23.7. The summed E-state index contributed by atoms with van der Waals surface area (Å²) in [5, 5.41) is 2.62. The van der Waals surface area contributed by atoms with Gasteiger partial charge in [0.05, 0.1) is 11.4 Å². The Hall–Kier alpha value is -2.48. The zero-order chi connectivity index (χ0) is 14.4. The smallest absolute Gasteiger partial charge is 0.128 e. The number of hydrogen-bond donors (Lipinski definition) is 0. The van der Waals surface area contributed by atoms with E-state index in [1.54, 1.807) is 0 Å². The summed E-state index contributed by atoms with van der Waals surface area (Å²) < 4.78 is 0. The third-order valence-corrected chi connectivity index (χ3v) is 4.44. The van der Waals surface area contributed by atoms with Crippen molar-refractivity contribution in [2.75, 3.05) is 23.9 Å². The van der Waals surface area contributed by atoms with Crippen LogP contribution in [0.5, 0.6) is 0 Å². The normalized spacial score (nSPS) is 17.3. The fourth-order valence-electron chi connectivity index (χ4n) is 3.49. The largest absolute Gasteiger partial charge is 0.349 e. The van der Waals surface area contributed by atoms with Crippen LogP contribution in [0.2, 0.25) is 0 Å². The monoisotopic (exact) mass is 274 g/mol. The Morgan fingerprint density at radius 2 is 1.43 bits per heavy atom. The van der Waals surface area contributed by atoms with Gasteiger partial charge in [-0.1, -0.05) is 60.7 Å². The van der Waals surface area contributed by atoms with Crippen molar-refractivity contribution in [1.29, 1.82) is 0 Å². The van der Waals surface area contributed by atoms with Gasteiger partial charge in [0, 0.05) is 19.5 Å². The molecule has 1 heterocycles. The van der Waals surface area contributed by atoms with Crippen molar-refractivity contribution in [2.24, 2.45) is 0 Å². The summed E-state index contributed by atoms with van der Waals surface area (Å²) in [6.45, 7) is 0. The van der Waals surface area contributed by atoms with E-state index < -0.39 is 0 Å². The van der Waals surface area contributed by atoms with Crippen LogP contribution in [0.1, 0.15) is 11.7 Å². The van der Waals surface area contributed by atoms with E-state index in [2.05, 4.69) is 90.6 Å². The molecule has 1 unspecified atom stereocenters. The van der Waals surface area contributed by atoms with Gasteiger partial charge >= 0.3 is 0 Å². The number of fused-ring (bicyclic) bond motifs is 3. The first kappa shape index (κ1) is 12.3. The predicted octanol–water partition coefficient (Wildman–Crippen LogP) is 4.42. The van der Waals surface area contributed by atoms with Gasteiger partial charge in [-0.15, -0.1) is 0 Å². The van der Waals surface area contributed by atoms with Crippen molar-refractivity contribution in [1.82, 2.24) is 0 Å². The molecule has 0 fully saturated rings. The average molecular weight is 274 g/mol. The van der Waals surface area contributed by atoms with Crippen LogP contribution in [-0.2, 0) is 0 Å². The lowest BCUT2D eigenvalue weighted by molar-refractivity contribution is 0.695. The van der Waals surface area contributed by atoms with E-state index >= 15 is 0 Å². The Kier molecular flexibility index (Phi) is 2.64. The molecule has 1 aliphatic rings. The SMILES string of the molecule is CN1c2ccc3ccccc3c2N(C)C1c1ccccc1. The molecule has 0 N–H and O–H groups in total. The van der Waals surface area contributed by atoms with E-state index in [1.165, 1.54) is 27.7 Å². The molecule has 2 heteroatoms. The maximum absolute atomic E-state index is 2.38. The molecule has 21 heavy (non-hydrogen) atoms.